The number of aromatic nitrogens is 2. The molecule has 1 fully saturated rings. The molecule has 168 valence electrons. The standard InChI is InChI=1S/C17H15B3FN2O9P/c1-8-6-23(14(27)22-13(8)26)16(18)12(25)11(24)15(21,31-16)17(19,20)32-33(28)29-7-9-4-2-3-5-10(9)30-33/h2-6,11-12,24-25H,7H2,1H3,(H,22,26,27)/t11-,12+,15-,16-,33?/m0/s1. The molecule has 0 aliphatic carbocycles. The predicted molar refractivity (Wildman–Crippen MR) is 112 cm³/mol. The van der Waals surface area contributed by atoms with Gasteiger partial charge in [0.15, 0.2) is 0 Å². The molecule has 2 aliphatic heterocycles. The van der Waals surface area contributed by atoms with Crippen LogP contribution < -0.4 is 15.8 Å². The molecule has 0 amide bonds. The monoisotopic (exact) mass is 474 g/mol. The van der Waals surface area contributed by atoms with E-state index in [0.717, 1.165) is 6.20 Å². The van der Waals surface area contributed by atoms with Crippen LogP contribution in [0.1, 0.15) is 11.1 Å². The molecule has 0 spiro atoms. The first-order chi connectivity index (χ1) is 15.2. The number of nitrogens with one attached hydrogen (secondary N) is 1. The van der Waals surface area contributed by atoms with Crippen molar-refractivity contribution in [3.63, 3.8) is 0 Å². The number of alkyl halides is 1. The normalized spacial score (nSPS) is 33.9. The Balaban J connectivity index is 1.68. The average Bonchev–Trinajstić information content (AvgIpc) is 2.91. The van der Waals surface area contributed by atoms with Crippen molar-refractivity contribution in [1.29, 1.82) is 0 Å². The van der Waals surface area contributed by atoms with Gasteiger partial charge in [0, 0.05) is 17.3 Å². The van der Waals surface area contributed by atoms with Crippen molar-refractivity contribution in [2.45, 2.75) is 42.6 Å². The topological polar surface area (TPSA) is 149 Å². The van der Waals surface area contributed by atoms with Gasteiger partial charge in [-0.3, -0.25) is 23.4 Å². The second kappa shape index (κ2) is 7.69. The fraction of sp³-hybridized carbons (Fsp3) is 0.412. The summed E-state index contributed by atoms with van der Waals surface area (Å²) in [7, 11) is 12.6. The third kappa shape index (κ3) is 3.73. The number of hydrogen-bond donors (Lipinski definition) is 3. The Morgan fingerprint density at radius 1 is 1.30 bits per heavy atom. The highest BCUT2D eigenvalue weighted by molar-refractivity contribution is 7.49. The number of phosphoric acid groups is 1. The van der Waals surface area contributed by atoms with Crippen LogP contribution in [0.15, 0.2) is 40.1 Å². The van der Waals surface area contributed by atoms with Gasteiger partial charge in [0.25, 0.3) is 11.4 Å². The first-order valence-electron chi connectivity index (χ1n) is 9.40. The van der Waals surface area contributed by atoms with Gasteiger partial charge in [-0.15, -0.1) is 0 Å². The smallest absolute Gasteiger partial charge is 0.404 e. The maximum atomic E-state index is 15.9. The van der Waals surface area contributed by atoms with E-state index in [4.69, 9.17) is 41.8 Å². The summed E-state index contributed by atoms with van der Waals surface area (Å²) in [6.45, 7) is 1.03. The fourth-order valence-corrected chi connectivity index (χ4v) is 4.77. The number of rotatable bonds is 4. The molecule has 6 radical (unpaired) electrons. The van der Waals surface area contributed by atoms with Crippen LogP contribution in [0.4, 0.5) is 4.39 Å². The van der Waals surface area contributed by atoms with E-state index in [2.05, 4.69) is 0 Å². The van der Waals surface area contributed by atoms with Crippen LogP contribution in [-0.2, 0) is 30.6 Å². The van der Waals surface area contributed by atoms with Crippen LogP contribution >= 0.6 is 7.82 Å². The molecule has 2 aromatic rings. The third-order valence-corrected chi connectivity index (χ3v) is 6.66. The summed E-state index contributed by atoms with van der Waals surface area (Å²) in [5, 5.41) is 17.6. The highest BCUT2D eigenvalue weighted by Gasteiger charge is 2.69. The van der Waals surface area contributed by atoms with Crippen molar-refractivity contribution in [2.24, 2.45) is 0 Å². The zero-order valence-corrected chi connectivity index (χ0v) is 17.9. The van der Waals surface area contributed by atoms with Gasteiger partial charge in [-0.25, -0.2) is 13.8 Å². The Morgan fingerprint density at radius 3 is 2.67 bits per heavy atom. The van der Waals surface area contributed by atoms with Gasteiger partial charge in [-0.05, 0) is 13.0 Å². The Kier molecular flexibility index (Phi) is 5.59. The number of phosphoric ester groups is 1. The van der Waals surface area contributed by atoms with Crippen LogP contribution in [-0.4, -0.2) is 66.8 Å². The number of para-hydroxylation sites is 1. The van der Waals surface area contributed by atoms with Crippen molar-refractivity contribution in [3.8, 4) is 5.75 Å². The minimum absolute atomic E-state index is 0.0591. The summed E-state index contributed by atoms with van der Waals surface area (Å²) >= 11 is 0. The van der Waals surface area contributed by atoms with Crippen molar-refractivity contribution in [3.05, 3.63) is 62.4 Å². The van der Waals surface area contributed by atoms with Crippen LogP contribution in [0.5, 0.6) is 5.75 Å². The van der Waals surface area contributed by atoms with E-state index in [1.165, 1.54) is 13.0 Å². The highest BCUT2D eigenvalue weighted by atomic mass is 31.2. The minimum atomic E-state index is -4.67. The number of aryl methyl sites for hydroxylation is 1. The number of nitrogens with zero attached hydrogens (tertiary/aromatic N) is 1. The van der Waals surface area contributed by atoms with Crippen molar-refractivity contribution in [1.82, 2.24) is 9.55 Å². The predicted octanol–water partition coefficient (Wildman–Crippen LogP) is -1.23. The van der Waals surface area contributed by atoms with E-state index in [1.54, 1.807) is 18.2 Å². The van der Waals surface area contributed by atoms with E-state index >= 15 is 4.39 Å². The maximum Gasteiger partial charge on any atom is 0.529 e. The summed E-state index contributed by atoms with van der Waals surface area (Å²) in [4.78, 5) is 25.8. The number of fused-ring (bicyclic) bond motifs is 1. The van der Waals surface area contributed by atoms with Crippen LogP contribution in [0.2, 0.25) is 0 Å². The van der Waals surface area contributed by atoms with Crippen molar-refractivity contribution >= 4 is 31.4 Å². The molecule has 2 aliphatic rings. The third-order valence-electron chi connectivity index (χ3n) is 5.27. The first-order valence-corrected chi connectivity index (χ1v) is 10.9. The van der Waals surface area contributed by atoms with Gasteiger partial charge in [-0.2, -0.15) is 0 Å². The molecule has 1 aromatic heterocycles. The maximum absolute atomic E-state index is 15.9. The summed E-state index contributed by atoms with van der Waals surface area (Å²) in [5.74, 6) is -3.67. The second-order valence-corrected chi connectivity index (χ2v) is 9.15. The SMILES string of the molecule is [B]C([B])(OP1(=O)OCc2ccccc2O1)[C@@]1(F)O[C@@]([B])(n2cc(C)c(=O)[nH]c2=O)[C@H](O)[C@@H]1O. The van der Waals surface area contributed by atoms with Gasteiger partial charge in [0.1, 0.15) is 47.1 Å². The quantitative estimate of drug-likeness (QED) is 0.366. The second-order valence-electron chi connectivity index (χ2n) is 7.63. The molecule has 16 heteroatoms. The summed E-state index contributed by atoms with van der Waals surface area (Å²) in [6.07, 6.45) is -4.12. The molecule has 4 rings (SSSR count). The van der Waals surface area contributed by atoms with E-state index in [1.807, 2.05) is 4.98 Å². The largest absolute Gasteiger partial charge is 0.529 e. The Hall–Kier alpha value is -2.15. The minimum Gasteiger partial charge on any atom is -0.404 e. The zero-order valence-electron chi connectivity index (χ0n) is 17.0. The number of ether oxygens (including phenoxy) is 1. The van der Waals surface area contributed by atoms with E-state index in [0.29, 0.717) is 10.1 Å². The zero-order chi connectivity index (χ0) is 24.4. The van der Waals surface area contributed by atoms with Gasteiger partial charge in [-0.1, -0.05) is 18.2 Å². The van der Waals surface area contributed by atoms with E-state index in [9.17, 15) is 24.4 Å². The lowest BCUT2D eigenvalue weighted by molar-refractivity contribution is -0.240. The first kappa shape index (κ1) is 24.0. The molecular weight excluding hydrogens is 459 g/mol. The molecule has 1 saturated heterocycles. The van der Waals surface area contributed by atoms with Crippen molar-refractivity contribution < 1.29 is 37.5 Å². The number of H-pyrrole nitrogens is 1. The molecule has 11 nitrogen and oxygen atoms in total. The highest BCUT2D eigenvalue weighted by Crippen LogP contribution is 2.59. The lowest BCUT2D eigenvalue weighted by Crippen LogP contribution is -2.60. The van der Waals surface area contributed by atoms with E-state index in [-0.39, 0.29) is 17.9 Å². The molecule has 0 bridgehead atoms. The van der Waals surface area contributed by atoms with E-state index < -0.39 is 48.2 Å². The number of hydrogen-bond acceptors (Lipinski definition) is 9. The molecule has 0 saturated carbocycles. The van der Waals surface area contributed by atoms with Gasteiger partial charge in [0.05, 0.1) is 12.0 Å². The number of benzene rings is 1. The lowest BCUT2D eigenvalue weighted by atomic mass is 9.59. The molecule has 3 N–H and O–H groups in total. The molecule has 3 heterocycles. The molecule has 33 heavy (non-hydrogen) atoms. The van der Waals surface area contributed by atoms with Gasteiger partial charge < -0.3 is 19.5 Å². The number of aromatic amines is 1. The Bertz CT molecular complexity index is 1270. The summed E-state index contributed by atoms with van der Waals surface area (Å²) < 4.78 is 49.4. The Morgan fingerprint density at radius 2 is 1.97 bits per heavy atom. The van der Waals surface area contributed by atoms with Gasteiger partial charge in [0.2, 0.25) is 0 Å². The summed E-state index contributed by atoms with van der Waals surface area (Å²) in [6, 6.07) is 6.28. The molecule has 5 atom stereocenters. The fourth-order valence-electron chi connectivity index (χ4n) is 3.42. The molecule has 1 aromatic carbocycles. The summed E-state index contributed by atoms with van der Waals surface area (Å²) in [5.41, 5.74) is -4.35. The van der Waals surface area contributed by atoms with Crippen LogP contribution in [0, 0.1) is 6.92 Å². The number of aliphatic hydroxyl groups is 2. The van der Waals surface area contributed by atoms with Crippen molar-refractivity contribution in [2.75, 3.05) is 0 Å². The van der Waals surface area contributed by atoms with Crippen LogP contribution in [0.25, 0.3) is 0 Å². The van der Waals surface area contributed by atoms with Gasteiger partial charge >= 0.3 is 13.5 Å². The molecule has 1 unspecified atom stereocenters. The Labute approximate surface area is 189 Å². The molecular formula is C17H15B3FN2O9P. The lowest BCUT2D eigenvalue weighted by Gasteiger charge is -2.42. The van der Waals surface area contributed by atoms with Crippen LogP contribution in [0.3, 0.4) is 0 Å². The average molecular weight is 474 g/mol. The number of halogens is 1. The number of aliphatic hydroxyl groups excluding tert-OH is 2.